The van der Waals surface area contributed by atoms with Gasteiger partial charge in [-0.25, -0.2) is 4.39 Å². The first-order valence-corrected chi connectivity index (χ1v) is 14.0. The van der Waals surface area contributed by atoms with Crippen LogP contribution in [0.15, 0.2) is 73.1 Å². The molecule has 0 aliphatic heterocycles. The predicted molar refractivity (Wildman–Crippen MR) is 156 cm³/mol. The van der Waals surface area contributed by atoms with E-state index in [1.54, 1.807) is 37.4 Å². The third-order valence-corrected chi connectivity index (χ3v) is 7.72. The molecule has 1 heterocycles. The van der Waals surface area contributed by atoms with Gasteiger partial charge in [0.15, 0.2) is 0 Å². The third kappa shape index (κ3) is 6.52. The molecule has 0 saturated carbocycles. The van der Waals surface area contributed by atoms with Crippen LogP contribution in [0.1, 0.15) is 54.2 Å². The number of benzene rings is 3. The van der Waals surface area contributed by atoms with Crippen LogP contribution >= 0.6 is 11.6 Å². The molecular weight excluding hydrogens is 541 g/mol. The SMILES string of the molecule is C[C@@H](O)[C@@H](C)NCc1cc(Cl)c(O[C@H]2CCc3c(-c4ccccc4F)cccc32)cc1OCc1cncc(C#N)c1. The summed E-state index contributed by atoms with van der Waals surface area (Å²) in [5, 5.41) is 22.9. The Morgan fingerprint density at radius 1 is 1.10 bits per heavy atom. The minimum Gasteiger partial charge on any atom is -0.488 e. The summed E-state index contributed by atoms with van der Waals surface area (Å²) in [6, 6.07) is 20.0. The summed E-state index contributed by atoms with van der Waals surface area (Å²) < 4.78 is 27.3. The van der Waals surface area contributed by atoms with Gasteiger partial charge in [-0.15, -0.1) is 0 Å². The van der Waals surface area contributed by atoms with Crippen molar-refractivity contribution in [2.24, 2.45) is 0 Å². The van der Waals surface area contributed by atoms with Gasteiger partial charge >= 0.3 is 0 Å². The van der Waals surface area contributed by atoms with Gasteiger partial charge in [-0.05, 0) is 61.6 Å². The molecule has 4 aromatic rings. The lowest BCUT2D eigenvalue weighted by molar-refractivity contribution is 0.152. The van der Waals surface area contributed by atoms with Crippen molar-refractivity contribution in [1.29, 1.82) is 5.26 Å². The molecule has 0 radical (unpaired) electrons. The fourth-order valence-corrected chi connectivity index (χ4v) is 5.22. The molecule has 0 saturated heterocycles. The third-order valence-electron chi connectivity index (χ3n) is 7.42. The van der Waals surface area contributed by atoms with Gasteiger partial charge in [-0.3, -0.25) is 4.98 Å². The smallest absolute Gasteiger partial charge is 0.142 e. The van der Waals surface area contributed by atoms with Gasteiger partial charge in [0.2, 0.25) is 0 Å². The molecule has 5 rings (SSSR count). The van der Waals surface area contributed by atoms with Crippen molar-refractivity contribution in [1.82, 2.24) is 10.3 Å². The number of aromatic nitrogens is 1. The maximum Gasteiger partial charge on any atom is 0.142 e. The predicted octanol–water partition coefficient (Wildman–Crippen LogP) is 6.92. The second kappa shape index (κ2) is 12.7. The van der Waals surface area contributed by atoms with E-state index in [-0.39, 0.29) is 24.6 Å². The first-order valence-electron chi connectivity index (χ1n) is 13.6. The van der Waals surface area contributed by atoms with Crippen molar-refractivity contribution >= 4 is 11.6 Å². The zero-order valence-electron chi connectivity index (χ0n) is 22.9. The molecule has 41 heavy (non-hydrogen) atoms. The van der Waals surface area contributed by atoms with Crippen molar-refractivity contribution in [3.05, 3.63) is 112 Å². The molecule has 8 heteroatoms. The number of halogens is 2. The standard InChI is InChI=1S/C33H31ClFN3O3/c1-20(21(2)39)38-18-24-13-29(34)33(14-32(24)40-19-23-12-22(15-36)16-37-17-23)41-31-11-10-26-25(7-5-8-28(26)31)27-6-3-4-9-30(27)35/h3-9,12-14,16-17,20-21,31,38-39H,10-11,18-19H2,1-2H3/t20-,21-,31+/m1/s1. The van der Waals surface area contributed by atoms with Crippen LogP contribution in [0.3, 0.4) is 0 Å². The number of aliphatic hydroxyl groups is 1. The van der Waals surface area contributed by atoms with Crippen molar-refractivity contribution in [3.8, 4) is 28.7 Å². The summed E-state index contributed by atoms with van der Waals surface area (Å²) in [6.07, 6.45) is 3.86. The summed E-state index contributed by atoms with van der Waals surface area (Å²) >= 11 is 6.74. The van der Waals surface area contributed by atoms with Gasteiger partial charge in [0.1, 0.15) is 36.1 Å². The molecule has 0 spiro atoms. The fourth-order valence-electron chi connectivity index (χ4n) is 4.99. The molecule has 0 fully saturated rings. The van der Waals surface area contributed by atoms with Crippen molar-refractivity contribution in [3.63, 3.8) is 0 Å². The quantitative estimate of drug-likeness (QED) is 0.215. The zero-order valence-corrected chi connectivity index (χ0v) is 23.7. The van der Waals surface area contributed by atoms with Gasteiger partial charge in [0.25, 0.3) is 0 Å². The Morgan fingerprint density at radius 2 is 1.90 bits per heavy atom. The minimum atomic E-state index is -0.533. The van der Waals surface area contributed by atoms with Gasteiger partial charge in [0.05, 0.1) is 16.7 Å². The maximum atomic E-state index is 14.6. The number of rotatable bonds is 10. The Balaban J connectivity index is 1.42. The van der Waals surface area contributed by atoms with E-state index in [0.29, 0.717) is 34.2 Å². The highest BCUT2D eigenvalue weighted by atomic mass is 35.5. The van der Waals surface area contributed by atoms with Gasteiger partial charge in [-0.2, -0.15) is 5.26 Å². The van der Waals surface area contributed by atoms with Gasteiger partial charge < -0.3 is 19.9 Å². The molecule has 210 valence electrons. The number of nitrogens with one attached hydrogen (secondary N) is 1. The first kappa shape index (κ1) is 28.6. The van der Waals surface area contributed by atoms with Crippen LogP contribution in [-0.4, -0.2) is 22.2 Å². The lowest BCUT2D eigenvalue weighted by Crippen LogP contribution is -2.35. The monoisotopic (exact) mass is 571 g/mol. The van der Waals surface area contributed by atoms with E-state index in [9.17, 15) is 14.8 Å². The highest BCUT2D eigenvalue weighted by Crippen LogP contribution is 2.43. The van der Waals surface area contributed by atoms with E-state index in [1.165, 1.54) is 12.3 Å². The first-order chi connectivity index (χ1) is 19.8. The van der Waals surface area contributed by atoms with Crippen molar-refractivity contribution in [2.75, 3.05) is 0 Å². The van der Waals surface area contributed by atoms with Crippen LogP contribution in [0.25, 0.3) is 11.1 Å². The summed E-state index contributed by atoms with van der Waals surface area (Å²) in [7, 11) is 0. The molecular formula is C33H31ClFN3O3. The summed E-state index contributed by atoms with van der Waals surface area (Å²) in [5.74, 6) is 0.794. The zero-order chi connectivity index (χ0) is 28.9. The number of hydrogen-bond donors (Lipinski definition) is 2. The Hall–Kier alpha value is -3.96. The number of nitrogens with zero attached hydrogens (tertiary/aromatic N) is 2. The number of pyridine rings is 1. The molecule has 3 aromatic carbocycles. The maximum absolute atomic E-state index is 14.6. The minimum absolute atomic E-state index is 0.146. The summed E-state index contributed by atoms with van der Waals surface area (Å²) in [4.78, 5) is 4.11. The molecule has 1 aliphatic carbocycles. The van der Waals surface area contributed by atoms with Crippen LogP contribution in [-0.2, 0) is 19.6 Å². The van der Waals surface area contributed by atoms with Crippen LogP contribution in [0.5, 0.6) is 11.5 Å². The number of nitriles is 1. The van der Waals surface area contributed by atoms with Crippen molar-refractivity contribution < 1.29 is 19.0 Å². The van der Waals surface area contributed by atoms with E-state index in [2.05, 4.69) is 16.4 Å². The van der Waals surface area contributed by atoms with E-state index < -0.39 is 6.10 Å². The van der Waals surface area contributed by atoms with E-state index in [0.717, 1.165) is 40.7 Å². The summed E-state index contributed by atoms with van der Waals surface area (Å²) in [5.41, 5.74) is 5.55. The van der Waals surface area contributed by atoms with Crippen LogP contribution < -0.4 is 14.8 Å². The van der Waals surface area contributed by atoms with Crippen LogP contribution in [0, 0.1) is 17.1 Å². The average molecular weight is 572 g/mol. The topological polar surface area (TPSA) is 87.4 Å². The molecule has 1 aromatic heterocycles. The molecule has 6 nitrogen and oxygen atoms in total. The van der Waals surface area contributed by atoms with Crippen molar-refractivity contribution in [2.45, 2.75) is 58.1 Å². The Labute approximate surface area is 244 Å². The molecule has 0 unspecified atom stereocenters. The lowest BCUT2D eigenvalue weighted by atomic mass is 9.96. The fraction of sp³-hybridized carbons (Fsp3) is 0.273. The highest BCUT2D eigenvalue weighted by molar-refractivity contribution is 6.32. The number of fused-ring (bicyclic) bond motifs is 1. The highest BCUT2D eigenvalue weighted by Gasteiger charge is 2.28. The second-order valence-electron chi connectivity index (χ2n) is 10.3. The van der Waals surface area contributed by atoms with Crippen LogP contribution in [0.2, 0.25) is 5.02 Å². The normalized spacial score (nSPS) is 15.6. The molecule has 0 bridgehead atoms. The molecule has 2 N–H and O–H groups in total. The average Bonchev–Trinajstić information content (AvgIpc) is 3.39. The molecule has 3 atom stereocenters. The number of aliphatic hydroxyl groups excluding tert-OH is 1. The summed E-state index contributed by atoms with van der Waals surface area (Å²) in [6.45, 7) is 4.23. The Bertz CT molecular complexity index is 1590. The molecule has 0 amide bonds. The van der Waals surface area contributed by atoms with Gasteiger partial charge in [0, 0.05) is 47.7 Å². The Morgan fingerprint density at radius 3 is 2.68 bits per heavy atom. The van der Waals surface area contributed by atoms with Gasteiger partial charge in [-0.1, -0.05) is 48.0 Å². The number of hydrogen-bond acceptors (Lipinski definition) is 6. The van der Waals surface area contributed by atoms with E-state index in [4.69, 9.17) is 21.1 Å². The lowest BCUT2D eigenvalue weighted by Gasteiger charge is -2.21. The molecule has 1 aliphatic rings. The van der Waals surface area contributed by atoms with Crippen LogP contribution in [0.4, 0.5) is 4.39 Å². The second-order valence-corrected chi connectivity index (χ2v) is 10.7. The van der Waals surface area contributed by atoms with E-state index in [1.807, 2.05) is 37.3 Å². The van der Waals surface area contributed by atoms with E-state index >= 15 is 0 Å². The Kier molecular flexibility index (Phi) is 8.84. The number of ether oxygens (including phenoxy) is 2. The largest absolute Gasteiger partial charge is 0.488 e.